The first-order valence-electron chi connectivity index (χ1n) is 3.88. The van der Waals surface area contributed by atoms with E-state index in [0.29, 0.717) is 6.42 Å². The summed E-state index contributed by atoms with van der Waals surface area (Å²) in [5.74, 6) is -0.885. The molecular formula is C8H10ClNO3. The van der Waals surface area contributed by atoms with Gasteiger partial charge in [0.2, 0.25) is 5.91 Å². The zero-order valence-electron chi connectivity index (χ0n) is 7.06. The highest BCUT2D eigenvalue weighted by Crippen LogP contribution is 2.37. The number of nitrogens with zero attached hydrogens (tertiary/aromatic N) is 1. The third-order valence-electron chi connectivity index (χ3n) is 2.49. The monoisotopic (exact) mass is 203 g/mol. The summed E-state index contributed by atoms with van der Waals surface area (Å²) in [7, 11) is 0. The van der Waals surface area contributed by atoms with Gasteiger partial charge in [0, 0.05) is 6.42 Å². The zero-order valence-corrected chi connectivity index (χ0v) is 7.87. The molecule has 2 heterocycles. The third-order valence-corrected chi connectivity index (χ3v) is 2.49. The summed E-state index contributed by atoms with van der Waals surface area (Å²) >= 11 is 0. The number of β-lactam (4-membered cyclic amide) rings is 1. The molecule has 0 radical (unpaired) electrons. The van der Waals surface area contributed by atoms with Gasteiger partial charge in [-0.3, -0.25) is 4.79 Å². The van der Waals surface area contributed by atoms with Gasteiger partial charge in [-0.05, 0) is 12.0 Å². The van der Waals surface area contributed by atoms with Crippen LogP contribution in [0.1, 0.15) is 13.3 Å². The summed E-state index contributed by atoms with van der Waals surface area (Å²) in [6.07, 6.45) is 2.15. The number of carboxylic acid groups (broad SMARTS) is 1. The van der Waals surface area contributed by atoms with E-state index in [0.717, 1.165) is 0 Å². The Balaban J connectivity index is 0.000000845. The number of carboxylic acids is 1. The lowest BCUT2D eigenvalue weighted by atomic mass is 9.94. The second kappa shape index (κ2) is 3.03. The van der Waals surface area contributed by atoms with Crippen molar-refractivity contribution in [3.63, 3.8) is 0 Å². The number of amides is 1. The van der Waals surface area contributed by atoms with Crippen LogP contribution in [-0.4, -0.2) is 27.9 Å². The smallest absolute Gasteiger partial charge is 0.352 e. The van der Waals surface area contributed by atoms with Crippen molar-refractivity contribution < 1.29 is 14.7 Å². The van der Waals surface area contributed by atoms with Crippen molar-refractivity contribution in [2.45, 2.75) is 19.4 Å². The van der Waals surface area contributed by atoms with Crippen molar-refractivity contribution >= 4 is 24.3 Å². The molecule has 0 aliphatic carbocycles. The van der Waals surface area contributed by atoms with Crippen LogP contribution < -0.4 is 0 Å². The molecule has 1 saturated heterocycles. The minimum atomic E-state index is -1.00. The van der Waals surface area contributed by atoms with Crippen molar-refractivity contribution in [3.05, 3.63) is 11.8 Å². The molecule has 5 heteroatoms. The number of rotatable bonds is 1. The highest BCUT2D eigenvalue weighted by atomic mass is 35.5. The van der Waals surface area contributed by atoms with Crippen LogP contribution in [0, 0.1) is 5.92 Å². The molecule has 0 aromatic heterocycles. The Kier molecular flexibility index (Phi) is 2.34. The molecule has 2 aliphatic heterocycles. The van der Waals surface area contributed by atoms with E-state index in [2.05, 4.69) is 0 Å². The van der Waals surface area contributed by atoms with Crippen molar-refractivity contribution in [2.75, 3.05) is 0 Å². The van der Waals surface area contributed by atoms with Crippen molar-refractivity contribution in [1.82, 2.24) is 4.90 Å². The van der Waals surface area contributed by atoms with Gasteiger partial charge in [-0.15, -0.1) is 12.4 Å². The maximum Gasteiger partial charge on any atom is 0.352 e. The minimum absolute atomic E-state index is 0. The molecule has 4 nitrogen and oxygen atoms in total. The number of carbonyl (C=O) groups is 2. The number of halogens is 1. The molecule has 0 aromatic carbocycles. The standard InChI is InChI=1S/C8H9NO3.ClH/c1-4-2-6(8(11)12)9-5(4)3-7(9)10;/h2,4-5H,3H2,1H3,(H,11,12);1H. The highest BCUT2D eigenvalue weighted by Gasteiger charge is 2.47. The minimum Gasteiger partial charge on any atom is -0.477 e. The molecule has 2 rings (SSSR count). The molecule has 1 N–H and O–H groups in total. The van der Waals surface area contributed by atoms with Crippen molar-refractivity contribution in [1.29, 1.82) is 0 Å². The van der Waals surface area contributed by atoms with E-state index < -0.39 is 5.97 Å². The average molecular weight is 204 g/mol. The largest absolute Gasteiger partial charge is 0.477 e. The van der Waals surface area contributed by atoms with Gasteiger partial charge in [0.1, 0.15) is 5.70 Å². The fourth-order valence-corrected chi connectivity index (χ4v) is 1.79. The predicted octanol–water partition coefficient (Wildman–Crippen LogP) is 0.627. The van der Waals surface area contributed by atoms with Crippen LogP contribution in [0.2, 0.25) is 0 Å². The maximum absolute atomic E-state index is 11.0. The fraction of sp³-hybridized carbons (Fsp3) is 0.500. The molecule has 0 bridgehead atoms. The fourth-order valence-electron chi connectivity index (χ4n) is 1.79. The van der Waals surface area contributed by atoms with Gasteiger partial charge < -0.3 is 10.0 Å². The zero-order chi connectivity index (χ0) is 8.88. The number of carbonyl (C=O) groups excluding carboxylic acids is 1. The Morgan fingerprint density at radius 3 is 2.69 bits per heavy atom. The molecule has 72 valence electrons. The SMILES string of the molecule is CC1C=C(C(=O)O)N2C(=O)CC12.Cl. The summed E-state index contributed by atoms with van der Waals surface area (Å²) in [4.78, 5) is 23.0. The van der Waals surface area contributed by atoms with Gasteiger partial charge in [0.25, 0.3) is 0 Å². The number of aliphatic carboxylic acids is 1. The second-order valence-corrected chi connectivity index (χ2v) is 3.25. The second-order valence-electron chi connectivity index (χ2n) is 3.25. The topological polar surface area (TPSA) is 57.6 Å². The summed E-state index contributed by atoms with van der Waals surface area (Å²) in [5.41, 5.74) is 0.156. The summed E-state index contributed by atoms with van der Waals surface area (Å²) < 4.78 is 0. The first kappa shape index (κ1) is 10.1. The van der Waals surface area contributed by atoms with E-state index in [1.807, 2.05) is 6.92 Å². The van der Waals surface area contributed by atoms with Gasteiger partial charge in [0.15, 0.2) is 0 Å². The van der Waals surface area contributed by atoms with Gasteiger partial charge >= 0.3 is 5.97 Å². The van der Waals surface area contributed by atoms with Crippen LogP contribution in [0.15, 0.2) is 11.8 Å². The summed E-state index contributed by atoms with van der Waals surface area (Å²) in [5, 5.41) is 8.71. The molecule has 1 amide bonds. The Bertz CT molecular complexity index is 300. The quantitative estimate of drug-likeness (QED) is 0.636. The lowest BCUT2D eigenvalue weighted by molar-refractivity contribution is -0.148. The number of hydrogen-bond acceptors (Lipinski definition) is 2. The number of fused-ring (bicyclic) bond motifs is 1. The Morgan fingerprint density at radius 1 is 1.69 bits per heavy atom. The maximum atomic E-state index is 11.0. The van der Waals surface area contributed by atoms with Gasteiger partial charge in [0.05, 0.1) is 6.04 Å². The lowest BCUT2D eigenvalue weighted by Crippen LogP contribution is -2.51. The van der Waals surface area contributed by atoms with Crippen LogP contribution in [-0.2, 0) is 9.59 Å². The van der Waals surface area contributed by atoms with E-state index in [-0.39, 0.29) is 36.0 Å². The predicted molar refractivity (Wildman–Crippen MR) is 47.4 cm³/mol. The van der Waals surface area contributed by atoms with E-state index in [4.69, 9.17) is 5.11 Å². The van der Waals surface area contributed by atoms with Crippen LogP contribution in [0.4, 0.5) is 0 Å². The number of hydrogen-bond donors (Lipinski definition) is 1. The molecular weight excluding hydrogens is 194 g/mol. The Morgan fingerprint density at radius 2 is 2.31 bits per heavy atom. The van der Waals surface area contributed by atoms with Gasteiger partial charge in [-0.25, -0.2) is 4.79 Å². The van der Waals surface area contributed by atoms with E-state index in [1.54, 1.807) is 6.08 Å². The summed E-state index contributed by atoms with van der Waals surface area (Å²) in [6, 6.07) is 0.114. The first-order valence-corrected chi connectivity index (χ1v) is 3.88. The van der Waals surface area contributed by atoms with E-state index >= 15 is 0 Å². The van der Waals surface area contributed by atoms with Crippen molar-refractivity contribution in [3.8, 4) is 0 Å². The van der Waals surface area contributed by atoms with Crippen LogP contribution >= 0.6 is 12.4 Å². The Hall–Kier alpha value is -1.03. The van der Waals surface area contributed by atoms with Crippen LogP contribution in [0.3, 0.4) is 0 Å². The van der Waals surface area contributed by atoms with E-state index in [9.17, 15) is 9.59 Å². The molecule has 0 spiro atoms. The van der Waals surface area contributed by atoms with E-state index in [1.165, 1.54) is 4.90 Å². The molecule has 2 aliphatic rings. The molecule has 1 fully saturated rings. The van der Waals surface area contributed by atoms with Crippen LogP contribution in [0.5, 0.6) is 0 Å². The molecule has 0 saturated carbocycles. The molecule has 2 unspecified atom stereocenters. The average Bonchev–Trinajstić information content (AvgIpc) is 2.22. The van der Waals surface area contributed by atoms with Gasteiger partial charge in [-0.1, -0.05) is 6.92 Å². The normalized spacial score (nSPS) is 30.1. The molecule has 13 heavy (non-hydrogen) atoms. The lowest BCUT2D eigenvalue weighted by Gasteiger charge is -2.37. The molecule has 0 aromatic rings. The van der Waals surface area contributed by atoms with Crippen molar-refractivity contribution in [2.24, 2.45) is 5.92 Å². The van der Waals surface area contributed by atoms with Crippen LogP contribution in [0.25, 0.3) is 0 Å². The third kappa shape index (κ3) is 1.21. The van der Waals surface area contributed by atoms with Gasteiger partial charge in [-0.2, -0.15) is 0 Å². The highest BCUT2D eigenvalue weighted by molar-refractivity contribution is 5.97. The Labute approximate surface area is 81.6 Å². The molecule has 2 atom stereocenters. The first-order chi connectivity index (χ1) is 5.61. The summed E-state index contributed by atoms with van der Waals surface area (Å²) in [6.45, 7) is 1.93.